The van der Waals surface area contributed by atoms with E-state index in [1.54, 1.807) is 19.1 Å². The summed E-state index contributed by atoms with van der Waals surface area (Å²) in [6.07, 6.45) is 0.687. The van der Waals surface area contributed by atoms with Crippen molar-refractivity contribution in [1.82, 2.24) is 14.9 Å². The van der Waals surface area contributed by atoms with Crippen molar-refractivity contribution in [2.75, 3.05) is 6.54 Å². The number of H-pyrrole nitrogens is 1. The van der Waals surface area contributed by atoms with Gasteiger partial charge < -0.3 is 4.98 Å². The molecule has 1 aliphatic rings. The van der Waals surface area contributed by atoms with Crippen LogP contribution in [0.5, 0.6) is 0 Å². The Morgan fingerprint density at radius 1 is 1.48 bits per heavy atom. The molecule has 110 valence electrons. The minimum atomic E-state index is -0.316. The molecule has 0 saturated heterocycles. The molecule has 3 rings (SSSR count). The van der Waals surface area contributed by atoms with Gasteiger partial charge in [0, 0.05) is 36.6 Å². The fraction of sp³-hybridized carbons (Fsp3) is 0.333. The Kier molecular flexibility index (Phi) is 3.78. The van der Waals surface area contributed by atoms with E-state index in [4.69, 9.17) is 11.6 Å². The molecule has 0 saturated carbocycles. The molecule has 0 fully saturated rings. The Bertz CT molecular complexity index is 724. The van der Waals surface area contributed by atoms with E-state index in [2.05, 4.69) is 9.97 Å². The highest BCUT2D eigenvalue weighted by Gasteiger charge is 2.22. The molecular weight excluding hydrogens is 293 g/mol. The molecule has 1 aromatic carbocycles. The molecular formula is C15H15ClFN3O. The van der Waals surface area contributed by atoms with Gasteiger partial charge in [0.1, 0.15) is 11.6 Å². The van der Waals surface area contributed by atoms with Crippen LogP contribution in [0.2, 0.25) is 5.02 Å². The van der Waals surface area contributed by atoms with Gasteiger partial charge in [-0.2, -0.15) is 0 Å². The van der Waals surface area contributed by atoms with E-state index in [0.717, 1.165) is 12.2 Å². The van der Waals surface area contributed by atoms with Crippen LogP contribution in [-0.4, -0.2) is 21.4 Å². The molecule has 0 aliphatic carbocycles. The van der Waals surface area contributed by atoms with E-state index in [9.17, 15) is 9.18 Å². The molecule has 1 aromatic heterocycles. The summed E-state index contributed by atoms with van der Waals surface area (Å²) in [5.41, 5.74) is 1.87. The number of nitrogens with one attached hydrogen (secondary N) is 1. The smallest absolute Gasteiger partial charge is 0.255 e. The summed E-state index contributed by atoms with van der Waals surface area (Å²) in [4.78, 5) is 21.1. The highest BCUT2D eigenvalue weighted by molar-refractivity contribution is 6.31. The molecule has 1 aliphatic heterocycles. The lowest BCUT2D eigenvalue weighted by molar-refractivity contribution is 0.238. The zero-order valence-electron chi connectivity index (χ0n) is 11.6. The first-order valence-electron chi connectivity index (χ1n) is 6.78. The Morgan fingerprint density at radius 3 is 3.05 bits per heavy atom. The van der Waals surface area contributed by atoms with Crippen molar-refractivity contribution in [3.8, 4) is 0 Å². The van der Waals surface area contributed by atoms with E-state index in [-0.39, 0.29) is 11.4 Å². The van der Waals surface area contributed by atoms with Gasteiger partial charge in [0.2, 0.25) is 0 Å². The molecule has 4 nitrogen and oxygen atoms in total. The van der Waals surface area contributed by atoms with Gasteiger partial charge in [-0.05, 0) is 19.1 Å². The summed E-state index contributed by atoms with van der Waals surface area (Å²) in [7, 11) is 0. The first-order valence-corrected chi connectivity index (χ1v) is 7.16. The second-order valence-electron chi connectivity index (χ2n) is 5.24. The second-order valence-corrected chi connectivity index (χ2v) is 5.64. The first kappa shape index (κ1) is 14.2. The van der Waals surface area contributed by atoms with E-state index >= 15 is 0 Å². The number of benzene rings is 1. The largest absolute Gasteiger partial charge is 0.310 e. The van der Waals surface area contributed by atoms with Gasteiger partial charge in [0.25, 0.3) is 5.56 Å². The fourth-order valence-corrected chi connectivity index (χ4v) is 2.87. The second kappa shape index (κ2) is 5.58. The zero-order valence-corrected chi connectivity index (χ0v) is 12.4. The third kappa shape index (κ3) is 2.84. The quantitative estimate of drug-likeness (QED) is 0.927. The lowest BCUT2D eigenvalue weighted by Gasteiger charge is -2.28. The fourth-order valence-electron chi connectivity index (χ4n) is 2.65. The third-order valence-corrected chi connectivity index (χ3v) is 4.06. The standard InChI is InChI=1S/C15H15ClFN3O/c1-9-18-14-5-6-20(8-11(14)15(21)19-9)7-10-12(16)3-2-4-13(10)17/h2-4H,5-8H2,1H3,(H,18,19,21). The van der Waals surface area contributed by atoms with Crippen LogP contribution in [0.1, 0.15) is 22.6 Å². The molecule has 21 heavy (non-hydrogen) atoms. The maximum absolute atomic E-state index is 13.8. The predicted octanol–water partition coefficient (Wildman–Crippen LogP) is 2.43. The minimum Gasteiger partial charge on any atom is -0.310 e. The molecule has 0 amide bonds. The predicted molar refractivity (Wildman–Crippen MR) is 78.8 cm³/mol. The van der Waals surface area contributed by atoms with Crippen molar-refractivity contribution in [2.45, 2.75) is 26.4 Å². The molecule has 2 heterocycles. The van der Waals surface area contributed by atoms with Crippen LogP contribution < -0.4 is 5.56 Å². The Labute approximate surface area is 126 Å². The maximum Gasteiger partial charge on any atom is 0.255 e. The van der Waals surface area contributed by atoms with Crippen molar-refractivity contribution in [2.24, 2.45) is 0 Å². The molecule has 6 heteroatoms. The Morgan fingerprint density at radius 2 is 2.29 bits per heavy atom. The van der Waals surface area contributed by atoms with E-state index < -0.39 is 0 Å². The topological polar surface area (TPSA) is 49.0 Å². The SMILES string of the molecule is Cc1nc2c(c(=O)[nH]1)CN(Cc1c(F)cccc1Cl)CC2. The van der Waals surface area contributed by atoms with Gasteiger partial charge in [-0.1, -0.05) is 17.7 Å². The van der Waals surface area contributed by atoms with Crippen molar-refractivity contribution in [3.63, 3.8) is 0 Å². The van der Waals surface area contributed by atoms with Crippen LogP contribution in [-0.2, 0) is 19.5 Å². The average Bonchev–Trinajstić information content (AvgIpc) is 2.43. The van der Waals surface area contributed by atoms with Gasteiger partial charge >= 0.3 is 0 Å². The minimum absolute atomic E-state index is 0.109. The van der Waals surface area contributed by atoms with Crippen LogP contribution in [0.3, 0.4) is 0 Å². The van der Waals surface area contributed by atoms with Gasteiger partial charge in [0.05, 0.1) is 11.3 Å². The van der Waals surface area contributed by atoms with Gasteiger partial charge in [0.15, 0.2) is 0 Å². The van der Waals surface area contributed by atoms with Gasteiger partial charge in [-0.15, -0.1) is 0 Å². The molecule has 2 aromatic rings. The number of fused-ring (bicyclic) bond motifs is 1. The lowest BCUT2D eigenvalue weighted by atomic mass is 10.1. The average molecular weight is 308 g/mol. The van der Waals surface area contributed by atoms with E-state index in [1.165, 1.54) is 6.07 Å². The summed E-state index contributed by atoms with van der Waals surface area (Å²) < 4.78 is 13.8. The van der Waals surface area contributed by atoms with Crippen LogP contribution in [0.25, 0.3) is 0 Å². The van der Waals surface area contributed by atoms with Gasteiger partial charge in [-0.25, -0.2) is 9.37 Å². The number of aromatic amines is 1. The van der Waals surface area contributed by atoms with Crippen LogP contribution >= 0.6 is 11.6 Å². The number of aryl methyl sites for hydroxylation is 1. The summed E-state index contributed by atoms with van der Waals surface area (Å²) >= 11 is 6.05. The van der Waals surface area contributed by atoms with Crippen LogP contribution in [0.15, 0.2) is 23.0 Å². The van der Waals surface area contributed by atoms with Crippen molar-refractivity contribution < 1.29 is 4.39 Å². The monoisotopic (exact) mass is 307 g/mol. The molecule has 0 spiro atoms. The van der Waals surface area contributed by atoms with Crippen molar-refractivity contribution >= 4 is 11.6 Å². The molecule has 0 bridgehead atoms. The normalized spacial score (nSPS) is 15.0. The summed E-state index contributed by atoms with van der Waals surface area (Å²) in [6.45, 7) is 3.35. The van der Waals surface area contributed by atoms with Gasteiger partial charge in [-0.3, -0.25) is 9.69 Å². The third-order valence-electron chi connectivity index (χ3n) is 3.71. The lowest BCUT2D eigenvalue weighted by Crippen LogP contribution is -2.35. The molecule has 0 unspecified atom stereocenters. The number of aromatic nitrogens is 2. The molecule has 0 atom stereocenters. The Hall–Kier alpha value is -1.72. The Balaban J connectivity index is 1.86. The summed E-state index contributed by atoms with van der Waals surface area (Å²) in [5.74, 6) is 0.314. The number of hydrogen-bond donors (Lipinski definition) is 1. The summed E-state index contributed by atoms with van der Waals surface area (Å²) in [5, 5.41) is 0.414. The molecule has 1 N–H and O–H groups in total. The summed E-state index contributed by atoms with van der Waals surface area (Å²) in [6, 6.07) is 4.66. The van der Waals surface area contributed by atoms with E-state index in [1.807, 2.05) is 4.90 Å². The highest BCUT2D eigenvalue weighted by Crippen LogP contribution is 2.23. The number of rotatable bonds is 2. The van der Waals surface area contributed by atoms with Crippen molar-refractivity contribution in [3.05, 3.63) is 62.0 Å². The van der Waals surface area contributed by atoms with E-state index in [0.29, 0.717) is 41.5 Å². The number of hydrogen-bond acceptors (Lipinski definition) is 3. The highest BCUT2D eigenvalue weighted by atomic mass is 35.5. The van der Waals surface area contributed by atoms with Crippen LogP contribution in [0, 0.1) is 12.7 Å². The zero-order chi connectivity index (χ0) is 15.0. The number of nitrogens with zero attached hydrogens (tertiary/aromatic N) is 2. The van der Waals surface area contributed by atoms with Crippen molar-refractivity contribution in [1.29, 1.82) is 0 Å². The number of halogens is 2. The van der Waals surface area contributed by atoms with Crippen LogP contribution in [0.4, 0.5) is 4.39 Å². The molecule has 0 radical (unpaired) electrons. The first-order chi connectivity index (χ1) is 10.0. The maximum atomic E-state index is 13.8.